The molecular weight excluding hydrogens is 366 g/mol. The quantitative estimate of drug-likeness (QED) is 0.434. The number of aromatic amines is 1. The van der Waals surface area contributed by atoms with E-state index >= 15 is 0 Å². The molecule has 0 saturated heterocycles. The zero-order valence-electron chi connectivity index (χ0n) is 15.6. The van der Waals surface area contributed by atoms with Gasteiger partial charge in [-0.3, -0.25) is 9.78 Å². The summed E-state index contributed by atoms with van der Waals surface area (Å²) >= 11 is 0. The van der Waals surface area contributed by atoms with Gasteiger partial charge in [0.25, 0.3) is 0 Å². The van der Waals surface area contributed by atoms with Crippen LogP contribution in [0.15, 0.2) is 61.1 Å². The second-order valence-corrected chi connectivity index (χ2v) is 6.72. The molecule has 0 saturated carbocycles. The second kappa shape index (κ2) is 7.23. The fourth-order valence-electron chi connectivity index (χ4n) is 3.38. The predicted octanol–water partition coefficient (Wildman–Crippen LogP) is 3.42. The van der Waals surface area contributed by atoms with Gasteiger partial charge in [-0.1, -0.05) is 18.2 Å². The van der Waals surface area contributed by atoms with Gasteiger partial charge in [0.2, 0.25) is 5.88 Å². The highest BCUT2D eigenvalue weighted by atomic mass is 16.5. The fraction of sp³-hybridized carbons (Fsp3) is 0.143. The summed E-state index contributed by atoms with van der Waals surface area (Å²) in [6.07, 6.45) is 6.27. The van der Waals surface area contributed by atoms with Crippen LogP contribution in [-0.4, -0.2) is 36.6 Å². The molecule has 0 unspecified atom stereocenters. The Bertz CT molecular complexity index is 1260. The van der Waals surface area contributed by atoms with Crippen LogP contribution >= 0.6 is 0 Å². The van der Waals surface area contributed by atoms with Crippen molar-refractivity contribution in [2.75, 3.05) is 12.3 Å². The number of hydrogen-bond acceptors (Lipinski definition) is 6. The number of hydrogen-bond donors (Lipinski definition) is 2. The molecule has 0 atom stereocenters. The van der Waals surface area contributed by atoms with E-state index in [1.165, 1.54) is 0 Å². The zero-order valence-corrected chi connectivity index (χ0v) is 15.6. The lowest BCUT2D eigenvalue weighted by Gasteiger charge is -2.04. The van der Waals surface area contributed by atoms with Crippen molar-refractivity contribution >= 4 is 27.6 Å². The standard InChI is InChI=1S/C21H19N7O/c22-21-20-16(13-28(27-20)10-3-11-29-19-4-1-2-8-23-19)15-6-5-14(12-18(15)25-21)17-7-9-24-26-17/h1-2,4-9,12-13H,3,10-11H2,(H2,22,25)(H,24,26). The largest absolute Gasteiger partial charge is 0.478 e. The first-order chi connectivity index (χ1) is 14.3. The lowest BCUT2D eigenvalue weighted by Crippen LogP contribution is -2.05. The predicted molar refractivity (Wildman–Crippen MR) is 111 cm³/mol. The van der Waals surface area contributed by atoms with Crippen LogP contribution in [0.25, 0.3) is 33.1 Å². The summed E-state index contributed by atoms with van der Waals surface area (Å²) in [6, 6.07) is 13.6. The van der Waals surface area contributed by atoms with Gasteiger partial charge in [0.15, 0.2) is 5.82 Å². The van der Waals surface area contributed by atoms with Crippen LogP contribution in [0.5, 0.6) is 5.88 Å². The van der Waals surface area contributed by atoms with Gasteiger partial charge < -0.3 is 10.5 Å². The zero-order chi connectivity index (χ0) is 19.6. The number of H-pyrrole nitrogens is 1. The number of aromatic nitrogens is 6. The first-order valence-corrected chi connectivity index (χ1v) is 9.38. The molecule has 5 rings (SSSR count). The van der Waals surface area contributed by atoms with E-state index in [0.29, 0.717) is 24.8 Å². The Balaban J connectivity index is 1.38. The average molecular weight is 385 g/mol. The highest BCUT2D eigenvalue weighted by Gasteiger charge is 2.12. The molecule has 0 bridgehead atoms. The molecule has 0 aliphatic carbocycles. The molecule has 8 heteroatoms. The van der Waals surface area contributed by atoms with E-state index in [4.69, 9.17) is 10.5 Å². The molecule has 1 aromatic carbocycles. The maximum Gasteiger partial charge on any atom is 0.213 e. The summed E-state index contributed by atoms with van der Waals surface area (Å²) in [5.41, 5.74) is 9.70. The number of fused-ring (bicyclic) bond motifs is 3. The second-order valence-electron chi connectivity index (χ2n) is 6.72. The van der Waals surface area contributed by atoms with Gasteiger partial charge in [-0.25, -0.2) is 9.97 Å². The van der Waals surface area contributed by atoms with Crippen LogP contribution < -0.4 is 10.5 Å². The lowest BCUT2D eigenvalue weighted by atomic mass is 10.1. The SMILES string of the molecule is Nc1nc2cc(-c3ccn[nH]3)ccc2c2cn(CCCOc3ccccn3)nc12. The van der Waals surface area contributed by atoms with Crippen LogP contribution in [0.1, 0.15) is 6.42 Å². The summed E-state index contributed by atoms with van der Waals surface area (Å²) < 4.78 is 7.54. The van der Waals surface area contributed by atoms with E-state index in [2.05, 4.69) is 31.3 Å². The molecule has 0 spiro atoms. The van der Waals surface area contributed by atoms with Crippen molar-refractivity contribution < 1.29 is 4.74 Å². The molecule has 29 heavy (non-hydrogen) atoms. The van der Waals surface area contributed by atoms with Gasteiger partial charge in [-0.2, -0.15) is 10.2 Å². The van der Waals surface area contributed by atoms with Crippen molar-refractivity contribution in [3.8, 4) is 17.1 Å². The Labute approximate surface area is 166 Å². The van der Waals surface area contributed by atoms with Gasteiger partial charge >= 0.3 is 0 Å². The number of nitrogens with two attached hydrogens (primary N) is 1. The third kappa shape index (κ3) is 3.36. The molecule has 4 heterocycles. The third-order valence-electron chi connectivity index (χ3n) is 4.76. The number of pyridine rings is 2. The Morgan fingerprint density at radius 3 is 2.86 bits per heavy atom. The highest BCUT2D eigenvalue weighted by Crippen LogP contribution is 2.30. The Hall–Kier alpha value is -3.94. The summed E-state index contributed by atoms with van der Waals surface area (Å²) in [6.45, 7) is 1.28. The first kappa shape index (κ1) is 17.2. The minimum absolute atomic E-state index is 0.428. The Morgan fingerprint density at radius 2 is 2.03 bits per heavy atom. The maximum absolute atomic E-state index is 6.20. The molecule has 8 nitrogen and oxygen atoms in total. The van der Waals surface area contributed by atoms with Crippen molar-refractivity contribution in [3.63, 3.8) is 0 Å². The molecule has 0 radical (unpaired) electrons. The molecule has 144 valence electrons. The van der Waals surface area contributed by atoms with Crippen LogP contribution in [0.4, 0.5) is 5.82 Å². The van der Waals surface area contributed by atoms with Crippen LogP contribution in [0.2, 0.25) is 0 Å². The monoisotopic (exact) mass is 385 g/mol. The normalized spacial score (nSPS) is 11.3. The van der Waals surface area contributed by atoms with Crippen molar-refractivity contribution in [2.45, 2.75) is 13.0 Å². The minimum atomic E-state index is 0.428. The van der Waals surface area contributed by atoms with Gasteiger partial charge in [0, 0.05) is 54.0 Å². The third-order valence-corrected chi connectivity index (χ3v) is 4.76. The van der Waals surface area contributed by atoms with Crippen molar-refractivity contribution in [2.24, 2.45) is 0 Å². The van der Waals surface area contributed by atoms with E-state index in [-0.39, 0.29) is 0 Å². The van der Waals surface area contributed by atoms with Crippen LogP contribution in [0.3, 0.4) is 0 Å². The number of rotatable bonds is 6. The topological polar surface area (TPSA) is 108 Å². The molecule has 0 fully saturated rings. The number of anilines is 1. The minimum Gasteiger partial charge on any atom is -0.478 e. The molecular formula is C21H19N7O. The van der Waals surface area contributed by atoms with Crippen LogP contribution in [-0.2, 0) is 6.54 Å². The molecule has 5 aromatic rings. The highest BCUT2D eigenvalue weighted by molar-refractivity contribution is 6.08. The van der Waals surface area contributed by atoms with Crippen molar-refractivity contribution in [1.29, 1.82) is 0 Å². The molecule has 3 N–H and O–H groups in total. The van der Waals surface area contributed by atoms with Gasteiger partial charge in [-0.05, 0) is 18.2 Å². The summed E-state index contributed by atoms with van der Waals surface area (Å²) in [4.78, 5) is 8.71. The average Bonchev–Trinajstić information content (AvgIpc) is 3.42. The van der Waals surface area contributed by atoms with E-state index in [9.17, 15) is 0 Å². The van der Waals surface area contributed by atoms with Gasteiger partial charge in [0.1, 0.15) is 5.52 Å². The van der Waals surface area contributed by atoms with E-state index in [0.717, 1.165) is 39.5 Å². The van der Waals surface area contributed by atoms with Crippen LogP contribution in [0, 0.1) is 0 Å². The Morgan fingerprint density at radius 1 is 1.07 bits per heavy atom. The number of aryl methyl sites for hydroxylation is 1. The summed E-state index contributed by atoms with van der Waals surface area (Å²) in [5, 5.41) is 13.6. The van der Waals surface area contributed by atoms with Crippen molar-refractivity contribution in [3.05, 3.63) is 61.1 Å². The first-order valence-electron chi connectivity index (χ1n) is 9.38. The smallest absolute Gasteiger partial charge is 0.213 e. The number of nitrogens with zero attached hydrogens (tertiary/aromatic N) is 5. The van der Waals surface area contributed by atoms with E-state index in [1.807, 2.05) is 47.3 Å². The van der Waals surface area contributed by atoms with Gasteiger partial charge in [0.05, 0.1) is 17.8 Å². The fourth-order valence-corrected chi connectivity index (χ4v) is 3.38. The van der Waals surface area contributed by atoms with Gasteiger partial charge in [-0.15, -0.1) is 0 Å². The van der Waals surface area contributed by atoms with E-state index < -0.39 is 0 Å². The molecule has 4 aromatic heterocycles. The number of nitrogen functional groups attached to an aromatic ring is 1. The Kier molecular flexibility index (Phi) is 4.28. The summed E-state index contributed by atoms with van der Waals surface area (Å²) in [7, 11) is 0. The van der Waals surface area contributed by atoms with E-state index in [1.54, 1.807) is 12.4 Å². The molecule has 0 aliphatic rings. The molecule has 0 aliphatic heterocycles. The molecule has 0 amide bonds. The number of nitrogens with one attached hydrogen (secondary N) is 1. The summed E-state index contributed by atoms with van der Waals surface area (Å²) in [5.74, 6) is 1.06. The number of ether oxygens (including phenoxy) is 1. The van der Waals surface area contributed by atoms with Crippen molar-refractivity contribution in [1.82, 2.24) is 29.9 Å². The lowest BCUT2D eigenvalue weighted by molar-refractivity contribution is 0.288. The number of benzene rings is 1. The maximum atomic E-state index is 6.20.